The summed E-state index contributed by atoms with van der Waals surface area (Å²) < 4.78 is 0. The summed E-state index contributed by atoms with van der Waals surface area (Å²) in [6, 6.07) is 0. The minimum Gasteiger partial charge on any atom is -0.396 e. The van der Waals surface area contributed by atoms with Gasteiger partial charge in [0.2, 0.25) is 0 Å². The first kappa shape index (κ1) is 8.97. The molecule has 0 aliphatic rings. The molecule has 0 fully saturated rings. The summed E-state index contributed by atoms with van der Waals surface area (Å²) in [5, 5.41) is 0. The van der Waals surface area contributed by atoms with E-state index in [2.05, 4.69) is 23.8 Å². The molecule has 0 spiro atoms. The van der Waals surface area contributed by atoms with Crippen molar-refractivity contribution in [2.45, 2.75) is 33.1 Å². The third-order valence-corrected chi connectivity index (χ3v) is 2.09. The second-order valence-electron chi connectivity index (χ2n) is 3.08. The Morgan fingerprint density at radius 3 is 2.75 bits per heavy atom. The molecule has 12 heavy (non-hydrogen) atoms. The quantitative estimate of drug-likeness (QED) is 0.728. The van der Waals surface area contributed by atoms with Crippen LogP contribution in [0.4, 0.5) is 5.69 Å². The van der Waals surface area contributed by atoms with Crippen LogP contribution in [0, 0.1) is 6.92 Å². The molecule has 0 aliphatic carbocycles. The molecule has 1 unspecified atom stereocenters. The van der Waals surface area contributed by atoms with Gasteiger partial charge in [-0.2, -0.15) is 0 Å². The number of aryl methyl sites for hydroxylation is 1. The van der Waals surface area contributed by atoms with Crippen molar-refractivity contribution in [2.75, 3.05) is 5.73 Å². The van der Waals surface area contributed by atoms with E-state index in [1.165, 1.54) is 0 Å². The van der Waals surface area contributed by atoms with E-state index in [4.69, 9.17) is 5.73 Å². The smallest absolute Gasteiger partial charge is 0.131 e. The molecule has 0 radical (unpaired) electrons. The number of rotatable bonds is 2. The largest absolute Gasteiger partial charge is 0.396 e. The topological polar surface area (TPSA) is 51.8 Å². The summed E-state index contributed by atoms with van der Waals surface area (Å²) in [6.45, 7) is 6.15. The summed E-state index contributed by atoms with van der Waals surface area (Å²) >= 11 is 0. The number of nitrogen functional groups attached to an aromatic ring is 1. The molecule has 3 heteroatoms. The molecule has 0 saturated carbocycles. The highest BCUT2D eigenvalue weighted by Gasteiger charge is 2.06. The average molecular weight is 165 g/mol. The average Bonchev–Trinajstić information content (AvgIpc) is 2.08. The summed E-state index contributed by atoms with van der Waals surface area (Å²) in [5.74, 6) is 1.31. The highest BCUT2D eigenvalue weighted by molar-refractivity contribution is 5.39. The molecule has 0 aromatic carbocycles. The monoisotopic (exact) mass is 165 g/mol. The van der Waals surface area contributed by atoms with Gasteiger partial charge in [-0.05, 0) is 13.3 Å². The summed E-state index contributed by atoms with van der Waals surface area (Å²) in [5.41, 5.74) is 7.15. The van der Waals surface area contributed by atoms with Crippen LogP contribution >= 0.6 is 0 Å². The van der Waals surface area contributed by atoms with Gasteiger partial charge in [0.1, 0.15) is 5.82 Å². The first-order valence-corrected chi connectivity index (χ1v) is 4.24. The molecule has 0 aliphatic heterocycles. The third-order valence-electron chi connectivity index (χ3n) is 2.09. The molecule has 2 N–H and O–H groups in total. The van der Waals surface area contributed by atoms with Crippen molar-refractivity contribution in [2.24, 2.45) is 0 Å². The van der Waals surface area contributed by atoms with Crippen LogP contribution in [0.25, 0.3) is 0 Å². The molecule has 3 nitrogen and oxygen atoms in total. The predicted molar refractivity (Wildman–Crippen MR) is 49.9 cm³/mol. The maximum atomic E-state index is 5.61. The highest BCUT2D eigenvalue weighted by atomic mass is 14.9. The van der Waals surface area contributed by atoms with Crippen molar-refractivity contribution in [1.82, 2.24) is 9.97 Å². The van der Waals surface area contributed by atoms with E-state index in [-0.39, 0.29) is 0 Å². The molecule has 1 aromatic rings. The SMILES string of the molecule is CCC(C)c1ncc(N)c(C)n1. The number of hydrogen-bond donors (Lipinski definition) is 1. The van der Waals surface area contributed by atoms with E-state index < -0.39 is 0 Å². The van der Waals surface area contributed by atoms with Crippen molar-refractivity contribution < 1.29 is 0 Å². The van der Waals surface area contributed by atoms with Gasteiger partial charge in [0.15, 0.2) is 0 Å². The maximum absolute atomic E-state index is 5.61. The molecule has 0 bridgehead atoms. The van der Waals surface area contributed by atoms with E-state index in [1.807, 2.05) is 6.92 Å². The van der Waals surface area contributed by atoms with E-state index in [1.54, 1.807) is 6.20 Å². The lowest BCUT2D eigenvalue weighted by Crippen LogP contribution is -2.03. The Hall–Kier alpha value is -1.12. The molecule has 0 saturated heterocycles. The first-order chi connectivity index (χ1) is 5.65. The molecule has 1 heterocycles. The number of hydrogen-bond acceptors (Lipinski definition) is 3. The van der Waals surface area contributed by atoms with Gasteiger partial charge in [-0.1, -0.05) is 13.8 Å². The van der Waals surface area contributed by atoms with Gasteiger partial charge in [-0.25, -0.2) is 9.97 Å². The van der Waals surface area contributed by atoms with E-state index in [0.29, 0.717) is 11.6 Å². The minimum atomic E-state index is 0.421. The van der Waals surface area contributed by atoms with Crippen LogP contribution in [0.2, 0.25) is 0 Å². The van der Waals surface area contributed by atoms with Gasteiger partial charge < -0.3 is 5.73 Å². The standard InChI is InChI=1S/C9H15N3/c1-4-6(2)9-11-5-8(10)7(3)12-9/h5-6H,4,10H2,1-3H3. The van der Waals surface area contributed by atoms with Crippen molar-refractivity contribution in [3.63, 3.8) is 0 Å². The first-order valence-electron chi connectivity index (χ1n) is 4.24. The van der Waals surface area contributed by atoms with Crippen molar-refractivity contribution in [3.8, 4) is 0 Å². The van der Waals surface area contributed by atoms with Gasteiger partial charge >= 0.3 is 0 Å². The third kappa shape index (κ3) is 1.72. The number of nitrogens with zero attached hydrogens (tertiary/aromatic N) is 2. The lowest BCUT2D eigenvalue weighted by molar-refractivity contribution is 0.675. The fraction of sp³-hybridized carbons (Fsp3) is 0.556. The number of anilines is 1. The zero-order chi connectivity index (χ0) is 9.14. The summed E-state index contributed by atoms with van der Waals surface area (Å²) in [6.07, 6.45) is 2.74. The number of nitrogens with two attached hydrogens (primary N) is 1. The minimum absolute atomic E-state index is 0.421. The molecule has 1 aromatic heterocycles. The Kier molecular flexibility index (Phi) is 2.63. The second-order valence-corrected chi connectivity index (χ2v) is 3.08. The van der Waals surface area contributed by atoms with Crippen LogP contribution < -0.4 is 5.73 Å². The number of aromatic nitrogens is 2. The van der Waals surface area contributed by atoms with Crippen LogP contribution in [-0.2, 0) is 0 Å². The highest BCUT2D eigenvalue weighted by Crippen LogP contribution is 2.15. The maximum Gasteiger partial charge on any atom is 0.131 e. The van der Waals surface area contributed by atoms with Crippen LogP contribution in [0.3, 0.4) is 0 Å². The fourth-order valence-corrected chi connectivity index (χ4v) is 0.914. The van der Waals surface area contributed by atoms with Gasteiger partial charge in [-0.15, -0.1) is 0 Å². The Morgan fingerprint density at radius 1 is 1.58 bits per heavy atom. The lowest BCUT2D eigenvalue weighted by Gasteiger charge is -2.07. The zero-order valence-corrected chi connectivity index (χ0v) is 7.83. The van der Waals surface area contributed by atoms with Gasteiger partial charge in [0, 0.05) is 5.92 Å². The second kappa shape index (κ2) is 3.52. The lowest BCUT2D eigenvalue weighted by atomic mass is 10.1. The molecule has 1 rings (SSSR count). The van der Waals surface area contributed by atoms with Gasteiger partial charge in [-0.3, -0.25) is 0 Å². The molecular weight excluding hydrogens is 150 g/mol. The van der Waals surface area contributed by atoms with Crippen LogP contribution in [0.15, 0.2) is 6.20 Å². The van der Waals surface area contributed by atoms with E-state index >= 15 is 0 Å². The van der Waals surface area contributed by atoms with E-state index in [0.717, 1.165) is 17.9 Å². The molecular formula is C9H15N3. The summed E-state index contributed by atoms with van der Waals surface area (Å²) in [4.78, 5) is 8.48. The molecule has 66 valence electrons. The van der Waals surface area contributed by atoms with Crippen molar-refractivity contribution >= 4 is 5.69 Å². The van der Waals surface area contributed by atoms with E-state index in [9.17, 15) is 0 Å². The Labute approximate surface area is 73.0 Å². The molecule has 1 atom stereocenters. The van der Waals surface area contributed by atoms with Crippen molar-refractivity contribution in [1.29, 1.82) is 0 Å². The van der Waals surface area contributed by atoms with Crippen LogP contribution in [0.1, 0.15) is 37.7 Å². The fourth-order valence-electron chi connectivity index (χ4n) is 0.914. The van der Waals surface area contributed by atoms with Crippen LogP contribution in [-0.4, -0.2) is 9.97 Å². The Morgan fingerprint density at radius 2 is 2.25 bits per heavy atom. The van der Waals surface area contributed by atoms with Crippen molar-refractivity contribution in [3.05, 3.63) is 17.7 Å². The van der Waals surface area contributed by atoms with Crippen LogP contribution in [0.5, 0.6) is 0 Å². The predicted octanol–water partition coefficient (Wildman–Crippen LogP) is 1.88. The Balaban J connectivity index is 2.96. The Bertz CT molecular complexity index is 270. The normalized spacial score (nSPS) is 12.9. The van der Waals surface area contributed by atoms with Gasteiger partial charge in [0.05, 0.1) is 17.6 Å². The van der Waals surface area contributed by atoms with Gasteiger partial charge in [0.25, 0.3) is 0 Å². The zero-order valence-electron chi connectivity index (χ0n) is 7.83. The summed E-state index contributed by atoms with van der Waals surface area (Å²) in [7, 11) is 0. The molecule has 0 amide bonds.